The quantitative estimate of drug-likeness (QED) is 0.182. The number of aliphatic carboxylic acids is 1. The summed E-state index contributed by atoms with van der Waals surface area (Å²) in [6.45, 7) is 2.64. The molecule has 0 heterocycles. The van der Waals surface area contributed by atoms with E-state index in [2.05, 4.69) is 5.32 Å². The van der Waals surface area contributed by atoms with Crippen molar-refractivity contribution in [3.8, 4) is 0 Å². The van der Waals surface area contributed by atoms with E-state index in [1.807, 2.05) is 0 Å². The smallest absolute Gasteiger partial charge is 0.460 e. The molecule has 196 valence electrons. The van der Waals surface area contributed by atoms with Crippen molar-refractivity contribution in [3.05, 3.63) is 0 Å². The van der Waals surface area contributed by atoms with E-state index in [-0.39, 0.29) is 17.6 Å². The van der Waals surface area contributed by atoms with Gasteiger partial charge < -0.3 is 14.9 Å². The van der Waals surface area contributed by atoms with Crippen molar-refractivity contribution in [2.24, 2.45) is 5.92 Å². The summed E-state index contributed by atoms with van der Waals surface area (Å²) in [6, 6.07) is 0. The number of carboxylic acid groups (broad SMARTS) is 1. The molecule has 15 heteroatoms. The molecule has 0 radical (unpaired) electrons. The molecule has 2 N–H and O–H groups in total. The summed E-state index contributed by atoms with van der Waals surface area (Å²) >= 11 is 0.429. The Morgan fingerprint density at radius 2 is 1.55 bits per heavy atom. The number of nitrogens with zero attached hydrogens (tertiary/aromatic N) is 1. The number of nitrogens with one attached hydrogen (secondary N) is 1. The fraction of sp³-hybridized carbons (Fsp3) is 0.889. The van der Waals surface area contributed by atoms with Crippen LogP contribution < -0.4 is 5.32 Å². The van der Waals surface area contributed by atoms with E-state index in [1.165, 1.54) is 6.92 Å². The third-order valence-corrected chi connectivity index (χ3v) is 5.68. The molecule has 0 spiro atoms. The van der Waals surface area contributed by atoms with Gasteiger partial charge in [-0.05, 0) is 5.75 Å². The number of likely N-dealkylation sites (N-methyl/N-ethyl adjacent to an activating group) is 1. The van der Waals surface area contributed by atoms with Crippen molar-refractivity contribution in [1.82, 2.24) is 5.32 Å². The molecule has 0 aromatic heterocycles. The molecule has 0 aliphatic heterocycles. The molecule has 0 bridgehead atoms. The lowest BCUT2D eigenvalue weighted by Gasteiger charge is -2.33. The SMILES string of the molecule is CC(CNCCC[N+](C)(C)CC(=O)O)C(=O)CSCCC(F)(F)C(F)(F)C(F)(F)C(F)(F)F. The number of ketones is 1. The summed E-state index contributed by atoms with van der Waals surface area (Å²) < 4.78 is 115. The van der Waals surface area contributed by atoms with Gasteiger partial charge >= 0.3 is 29.9 Å². The summed E-state index contributed by atoms with van der Waals surface area (Å²) in [5.41, 5.74) is 0. The second-order valence-electron chi connectivity index (χ2n) is 8.29. The van der Waals surface area contributed by atoms with Gasteiger partial charge in [-0.1, -0.05) is 6.92 Å². The minimum absolute atomic E-state index is 0.0645. The Morgan fingerprint density at radius 3 is 2.03 bits per heavy atom. The Balaban J connectivity index is 4.39. The number of Topliss-reactive ketones (excluding diaryl/α,β-unsaturated/α-hetero) is 1. The van der Waals surface area contributed by atoms with Crippen LogP contribution >= 0.6 is 11.8 Å². The predicted octanol–water partition coefficient (Wildman–Crippen LogP) is 3.92. The van der Waals surface area contributed by atoms with E-state index in [9.17, 15) is 49.1 Å². The Bertz CT molecular complexity index is 659. The first-order valence-corrected chi connectivity index (χ1v) is 10.9. The number of halogens is 9. The molecule has 0 amide bonds. The molecule has 0 saturated heterocycles. The molecular weight excluding hydrogens is 495 g/mol. The Kier molecular flexibility index (Phi) is 11.5. The van der Waals surface area contributed by atoms with Gasteiger partial charge in [0.1, 0.15) is 5.78 Å². The molecule has 0 aliphatic carbocycles. The Morgan fingerprint density at radius 1 is 1.00 bits per heavy atom. The molecule has 0 saturated carbocycles. The lowest BCUT2D eigenvalue weighted by Crippen LogP contribution is -2.60. The normalized spacial score (nSPS) is 14.9. The summed E-state index contributed by atoms with van der Waals surface area (Å²) in [5.74, 6) is -22.5. The van der Waals surface area contributed by atoms with Gasteiger partial charge in [0.25, 0.3) is 0 Å². The number of carboxylic acids is 1. The first-order valence-electron chi connectivity index (χ1n) is 9.73. The van der Waals surface area contributed by atoms with Gasteiger partial charge in [-0.3, -0.25) is 4.79 Å². The molecule has 33 heavy (non-hydrogen) atoms. The van der Waals surface area contributed by atoms with Gasteiger partial charge in [-0.25, -0.2) is 4.79 Å². The van der Waals surface area contributed by atoms with E-state index < -0.39 is 59.5 Å². The van der Waals surface area contributed by atoms with Crippen molar-refractivity contribution in [2.45, 2.75) is 43.7 Å². The Labute approximate surface area is 189 Å². The van der Waals surface area contributed by atoms with Crippen LogP contribution in [0.1, 0.15) is 19.8 Å². The Hall–Kier alpha value is -1.22. The molecule has 0 aromatic rings. The van der Waals surface area contributed by atoms with E-state index in [0.29, 0.717) is 31.3 Å². The molecular formula is C18H28F9N2O3S+. The van der Waals surface area contributed by atoms with Crippen molar-refractivity contribution < 1.29 is 58.7 Å². The molecule has 1 unspecified atom stereocenters. The predicted molar refractivity (Wildman–Crippen MR) is 104 cm³/mol. The average Bonchev–Trinajstić information content (AvgIpc) is 2.62. The third kappa shape index (κ3) is 9.51. The summed E-state index contributed by atoms with van der Waals surface area (Å²) in [5, 5.41) is 11.8. The van der Waals surface area contributed by atoms with Gasteiger partial charge in [-0.2, -0.15) is 51.3 Å². The van der Waals surface area contributed by atoms with Crippen molar-refractivity contribution in [1.29, 1.82) is 0 Å². The monoisotopic (exact) mass is 523 g/mol. The zero-order valence-electron chi connectivity index (χ0n) is 18.3. The second-order valence-corrected chi connectivity index (χ2v) is 9.39. The third-order valence-electron chi connectivity index (χ3n) is 4.69. The van der Waals surface area contributed by atoms with Crippen LogP contribution in [-0.2, 0) is 9.59 Å². The topological polar surface area (TPSA) is 66.4 Å². The second kappa shape index (κ2) is 12.0. The largest absolute Gasteiger partial charge is 0.477 e. The molecule has 0 fully saturated rings. The van der Waals surface area contributed by atoms with Crippen LogP contribution in [0, 0.1) is 5.92 Å². The molecule has 0 aromatic carbocycles. The number of carbonyl (C=O) groups excluding carboxylic acids is 1. The van der Waals surface area contributed by atoms with Crippen LogP contribution in [0.25, 0.3) is 0 Å². The van der Waals surface area contributed by atoms with Crippen LogP contribution in [-0.4, -0.2) is 97.1 Å². The van der Waals surface area contributed by atoms with Crippen LogP contribution in [0.5, 0.6) is 0 Å². The number of quaternary nitrogens is 1. The first-order chi connectivity index (χ1) is 14.7. The minimum Gasteiger partial charge on any atom is -0.477 e. The van der Waals surface area contributed by atoms with Crippen LogP contribution in [0.2, 0.25) is 0 Å². The van der Waals surface area contributed by atoms with E-state index in [0.717, 1.165) is 0 Å². The van der Waals surface area contributed by atoms with Gasteiger partial charge in [-0.15, -0.1) is 0 Å². The number of alkyl halides is 9. The zero-order chi connectivity index (χ0) is 26.3. The number of hydrogen-bond donors (Lipinski definition) is 2. The number of carbonyl (C=O) groups is 2. The van der Waals surface area contributed by atoms with Crippen molar-refractivity contribution in [3.63, 3.8) is 0 Å². The first kappa shape index (κ1) is 31.8. The average molecular weight is 523 g/mol. The highest BCUT2D eigenvalue weighted by Gasteiger charge is 2.81. The maximum atomic E-state index is 13.4. The summed E-state index contributed by atoms with van der Waals surface area (Å²) in [4.78, 5) is 22.7. The highest BCUT2D eigenvalue weighted by atomic mass is 32.2. The van der Waals surface area contributed by atoms with Gasteiger partial charge in [0.05, 0.1) is 26.4 Å². The number of rotatable bonds is 16. The maximum absolute atomic E-state index is 13.4. The van der Waals surface area contributed by atoms with E-state index >= 15 is 0 Å². The van der Waals surface area contributed by atoms with E-state index in [1.54, 1.807) is 14.1 Å². The zero-order valence-corrected chi connectivity index (χ0v) is 19.1. The standard InChI is InChI=1S/C18H27F9N2O3S/c1-12(9-28-6-4-7-29(2,3)10-14(31)32)13(30)11-33-8-5-15(19,20)16(21,22)17(23,24)18(25,26)27/h12,28H,4-11H2,1-3H3/p+1. The molecule has 1 atom stereocenters. The van der Waals surface area contributed by atoms with Gasteiger partial charge in [0.15, 0.2) is 6.54 Å². The highest BCUT2D eigenvalue weighted by molar-refractivity contribution is 7.99. The van der Waals surface area contributed by atoms with Crippen LogP contribution in [0.4, 0.5) is 39.5 Å². The van der Waals surface area contributed by atoms with Gasteiger partial charge in [0.2, 0.25) is 0 Å². The minimum atomic E-state index is -6.91. The maximum Gasteiger partial charge on any atom is 0.460 e. The number of thioether (sulfide) groups is 1. The summed E-state index contributed by atoms with van der Waals surface area (Å²) in [7, 11) is 3.47. The van der Waals surface area contributed by atoms with Gasteiger partial charge in [0, 0.05) is 31.8 Å². The van der Waals surface area contributed by atoms with Crippen LogP contribution in [0.3, 0.4) is 0 Å². The molecule has 5 nitrogen and oxygen atoms in total. The fourth-order valence-electron chi connectivity index (χ4n) is 2.59. The molecule has 0 aliphatic rings. The van der Waals surface area contributed by atoms with E-state index in [4.69, 9.17) is 5.11 Å². The van der Waals surface area contributed by atoms with Crippen molar-refractivity contribution in [2.75, 3.05) is 51.8 Å². The van der Waals surface area contributed by atoms with Crippen LogP contribution in [0.15, 0.2) is 0 Å². The number of hydrogen-bond acceptors (Lipinski definition) is 4. The van der Waals surface area contributed by atoms with Crippen molar-refractivity contribution >= 4 is 23.5 Å². The highest BCUT2D eigenvalue weighted by Crippen LogP contribution is 2.54. The molecule has 0 rings (SSSR count). The lowest BCUT2D eigenvalue weighted by atomic mass is 10.0. The fourth-order valence-corrected chi connectivity index (χ4v) is 3.62. The lowest BCUT2D eigenvalue weighted by molar-refractivity contribution is -0.883. The summed E-state index contributed by atoms with van der Waals surface area (Å²) in [6.07, 6.45) is -8.22.